The van der Waals surface area contributed by atoms with Gasteiger partial charge in [-0.1, -0.05) is 12.5 Å². The maximum Gasteiger partial charge on any atom is -0.0205 e. The van der Waals surface area contributed by atoms with Gasteiger partial charge >= 0.3 is 0 Å². The average molecular weight is 122 g/mol. The smallest absolute Gasteiger partial charge is 0.0205 e. The van der Waals surface area contributed by atoms with E-state index in [2.05, 4.69) is 12.7 Å². The fraction of sp³-hybridized carbons (Fsp3) is 0.778. The van der Waals surface area contributed by atoms with E-state index >= 15 is 0 Å². The third kappa shape index (κ3) is 0.726. The Kier molecular flexibility index (Phi) is 1.14. The Hall–Kier alpha value is -0.260. The van der Waals surface area contributed by atoms with Crippen molar-refractivity contribution in [3.63, 3.8) is 0 Å². The molecule has 0 heteroatoms. The lowest BCUT2D eigenvalue weighted by Gasteiger charge is -2.16. The Balaban J connectivity index is 2.09. The highest BCUT2D eigenvalue weighted by Gasteiger charge is 2.37. The number of allylic oxidation sites excluding steroid dienone is 1. The highest BCUT2D eigenvalue weighted by atomic mass is 14.4. The molecule has 0 nitrogen and oxygen atoms in total. The van der Waals surface area contributed by atoms with Crippen molar-refractivity contribution in [2.75, 3.05) is 0 Å². The Labute approximate surface area is 57.0 Å². The number of fused-ring (bicyclic) bond motifs is 2. The van der Waals surface area contributed by atoms with Gasteiger partial charge in [0.25, 0.3) is 0 Å². The van der Waals surface area contributed by atoms with Crippen LogP contribution in [-0.4, -0.2) is 0 Å². The molecule has 0 spiro atoms. The maximum absolute atomic E-state index is 3.86. The number of hydrogen-bond acceptors (Lipinski definition) is 0. The van der Waals surface area contributed by atoms with Gasteiger partial charge in [0.2, 0.25) is 0 Å². The molecule has 0 amide bonds. The van der Waals surface area contributed by atoms with Crippen molar-refractivity contribution in [1.29, 1.82) is 0 Å². The third-order valence-corrected chi connectivity index (χ3v) is 3.10. The molecule has 2 aliphatic rings. The second-order valence-electron chi connectivity index (χ2n) is 3.57. The molecule has 0 saturated heterocycles. The molecule has 0 aliphatic heterocycles. The molecule has 0 aromatic rings. The van der Waals surface area contributed by atoms with Crippen molar-refractivity contribution >= 4 is 0 Å². The predicted octanol–water partition coefficient (Wildman–Crippen LogP) is 2.61. The molecule has 2 saturated carbocycles. The minimum atomic E-state index is 0.892. The number of hydrogen-bond donors (Lipinski definition) is 0. The molecular formula is C9H14. The van der Waals surface area contributed by atoms with E-state index in [0.29, 0.717) is 0 Å². The lowest BCUT2D eigenvalue weighted by Crippen LogP contribution is -2.06. The first-order valence-corrected chi connectivity index (χ1v) is 4.02. The molecule has 2 rings (SSSR count). The van der Waals surface area contributed by atoms with Gasteiger partial charge in [-0.25, -0.2) is 0 Å². The minimum Gasteiger partial charge on any atom is -0.103 e. The van der Waals surface area contributed by atoms with E-state index in [1.807, 2.05) is 0 Å². The number of rotatable bonds is 1. The standard InChI is InChI=1S/C9H14/c1-2-8-5-7-3-4-9(8)6-7/h2,7-9H,1,3-6H2/t7-,8?,9-/m0/s1. The highest BCUT2D eigenvalue weighted by molar-refractivity contribution is 4.97. The van der Waals surface area contributed by atoms with Crippen molar-refractivity contribution < 1.29 is 0 Å². The van der Waals surface area contributed by atoms with Gasteiger partial charge in [0.05, 0.1) is 0 Å². The average Bonchev–Trinajstić information content (AvgIpc) is 2.45. The molecule has 3 atom stereocenters. The van der Waals surface area contributed by atoms with Crippen LogP contribution < -0.4 is 0 Å². The van der Waals surface area contributed by atoms with Crippen molar-refractivity contribution in [1.82, 2.24) is 0 Å². The largest absolute Gasteiger partial charge is 0.103 e. The van der Waals surface area contributed by atoms with E-state index in [9.17, 15) is 0 Å². The zero-order valence-corrected chi connectivity index (χ0v) is 5.84. The van der Waals surface area contributed by atoms with Crippen LogP contribution in [0.15, 0.2) is 12.7 Å². The summed E-state index contributed by atoms with van der Waals surface area (Å²) in [5, 5.41) is 0. The van der Waals surface area contributed by atoms with E-state index in [-0.39, 0.29) is 0 Å². The van der Waals surface area contributed by atoms with Gasteiger partial charge in [-0.05, 0) is 37.0 Å². The first-order chi connectivity index (χ1) is 4.40. The molecule has 1 unspecified atom stereocenters. The lowest BCUT2D eigenvalue weighted by molar-refractivity contribution is 0.395. The highest BCUT2D eigenvalue weighted by Crippen LogP contribution is 2.48. The van der Waals surface area contributed by atoms with Gasteiger partial charge < -0.3 is 0 Å². The molecule has 0 aromatic carbocycles. The zero-order valence-electron chi connectivity index (χ0n) is 5.84. The van der Waals surface area contributed by atoms with E-state index < -0.39 is 0 Å². The summed E-state index contributed by atoms with van der Waals surface area (Å²) in [5.74, 6) is 3.01. The first kappa shape index (κ1) is 5.52. The molecule has 2 bridgehead atoms. The summed E-state index contributed by atoms with van der Waals surface area (Å²) in [5.41, 5.74) is 0. The lowest BCUT2D eigenvalue weighted by atomic mass is 9.89. The monoisotopic (exact) mass is 122 g/mol. The minimum absolute atomic E-state index is 0.892. The van der Waals surface area contributed by atoms with Crippen LogP contribution >= 0.6 is 0 Å². The van der Waals surface area contributed by atoms with Crippen LogP contribution in [0.4, 0.5) is 0 Å². The van der Waals surface area contributed by atoms with Crippen molar-refractivity contribution in [3.8, 4) is 0 Å². The zero-order chi connectivity index (χ0) is 6.27. The second-order valence-corrected chi connectivity index (χ2v) is 3.57. The molecule has 0 aromatic heterocycles. The molecule has 2 aliphatic carbocycles. The van der Waals surface area contributed by atoms with Gasteiger partial charge in [0.1, 0.15) is 0 Å². The summed E-state index contributed by atoms with van der Waals surface area (Å²) in [4.78, 5) is 0. The van der Waals surface area contributed by atoms with Crippen LogP contribution in [0, 0.1) is 17.8 Å². The van der Waals surface area contributed by atoms with Crippen LogP contribution in [0.2, 0.25) is 0 Å². The summed E-state index contributed by atoms with van der Waals surface area (Å²) in [6.07, 6.45) is 8.13. The van der Waals surface area contributed by atoms with Crippen LogP contribution in [-0.2, 0) is 0 Å². The Morgan fingerprint density at radius 1 is 1.22 bits per heavy atom. The third-order valence-electron chi connectivity index (χ3n) is 3.10. The normalized spacial score (nSPS) is 47.8. The molecule has 50 valence electrons. The van der Waals surface area contributed by atoms with E-state index in [1.165, 1.54) is 25.7 Å². The van der Waals surface area contributed by atoms with Crippen LogP contribution in [0.5, 0.6) is 0 Å². The van der Waals surface area contributed by atoms with Crippen LogP contribution in [0.25, 0.3) is 0 Å². The van der Waals surface area contributed by atoms with Crippen molar-refractivity contribution in [3.05, 3.63) is 12.7 Å². The topological polar surface area (TPSA) is 0 Å². The maximum atomic E-state index is 3.86. The molecule has 9 heavy (non-hydrogen) atoms. The Bertz CT molecular complexity index is 126. The molecule has 2 fully saturated rings. The molecule has 0 radical (unpaired) electrons. The van der Waals surface area contributed by atoms with Gasteiger partial charge in [-0.2, -0.15) is 0 Å². The molecule has 0 heterocycles. The first-order valence-electron chi connectivity index (χ1n) is 4.02. The summed E-state index contributed by atoms with van der Waals surface area (Å²) in [6, 6.07) is 0. The summed E-state index contributed by atoms with van der Waals surface area (Å²) < 4.78 is 0. The van der Waals surface area contributed by atoms with Gasteiger partial charge in [0.15, 0.2) is 0 Å². The molecule has 0 N–H and O–H groups in total. The Morgan fingerprint density at radius 3 is 2.44 bits per heavy atom. The fourth-order valence-electron chi connectivity index (χ4n) is 2.58. The quantitative estimate of drug-likeness (QED) is 0.469. The Morgan fingerprint density at radius 2 is 2.11 bits per heavy atom. The summed E-state index contributed by atoms with van der Waals surface area (Å²) in [7, 11) is 0. The second kappa shape index (κ2) is 1.86. The van der Waals surface area contributed by atoms with Crippen LogP contribution in [0.1, 0.15) is 25.7 Å². The van der Waals surface area contributed by atoms with Gasteiger partial charge in [-0.3, -0.25) is 0 Å². The summed E-state index contributed by atoms with van der Waals surface area (Å²) >= 11 is 0. The van der Waals surface area contributed by atoms with E-state index in [1.54, 1.807) is 0 Å². The van der Waals surface area contributed by atoms with Gasteiger partial charge in [-0.15, -0.1) is 6.58 Å². The SMILES string of the molecule is C=CC1C[C@@H]2CC[C@H]1C2. The van der Waals surface area contributed by atoms with Crippen LogP contribution in [0.3, 0.4) is 0 Å². The van der Waals surface area contributed by atoms with E-state index in [4.69, 9.17) is 0 Å². The van der Waals surface area contributed by atoms with Crippen molar-refractivity contribution in [2.45, 2.75) is 25.7 Å². The van der Waals surface area contributed by atoms with Crippen molar-refractivity contribution in [2.24, 2.45) is 17.8 Å². The van der Waals surface area contributed by atoms with Gasteiger partial charge in [0, 0.05) is 0 Å². The fourth-order valence-corrected chi connectivity index (χ4v) is 2.58. The predicted molar refractivity (Wildman–Crippen MR) is 39.1 cm³/mol. The van der Waals surface area contributed by atoms with E-state index in [0.717, 1.165) is 17.8 Å². The summed E-state index contributed by atoms with van der Waals surface area (Å²) in [6.45, 7) is 3.86. The molecular weight excluding hydrogens is 108 g/mol.